The van der Waals surface area contributed by atoms with Crippen molar-refractivity contribution in [2.45, 2.75) is 25.7 Å². The molecule has 1 aromatic heterocycles. The standard InChI is InChI=1S/C22H23N3O4/c1-2-28-16-7-5-15(6-8-16)25-22(27)20-18-10-9-17(29-18)19(20)21(26)24-13-14-4-3-11-23-12-14/h3-12,17-20H,2,13H2,1H3,(H,24,26)(H,25,27)/t17-,18+,19-,20-/m0/s1. The minimum absolute atomic E-state index is 0.197. The fraction of sp³-hybridized carbons (Fsp3) is 0.318. The lowest BCUT2D eigenvalue weighted by molar-refractivity contribution is -0.131. The zero-order valence-corrected chi connectivity index (χ0v) is 16.1. The molecule has 0 spiro atoms. The average molecular weight is 393 g/mol. The molecule has 2 aliphatic heterocycles. The lowest BCUT2D eigenvalue weighted by Gasteiger charge is -2.23. The molecule has 7 heteroatoms. The summed E-state index contributed by atoms with van der Waals surface area (Å²) in [5, 5.41) is 5.80. The minimum Gasteiger partial charge on any atom is -0.494 e. The first kappa shape index (κ1) is 19.1. The van der Waals surface area contributed by atoms with Crippen LogP contribution in [-0.4, -0.2) is 35.6 Å². The van der Waals surface area contributed by atoms with E-state index in [2.05, 4.69) is 15.6 Å². The molecule has 150 valence electrons. The first-order chi connectivity index (χ1) is 14.2. The van der Waals surface area contributed by atoms with Crippen LogP contribution in [0.4, 0.5) is 5.69 Å². The van der Waals surface area contributed by atoms with Gasteiger partial charge in [0.2, 0.25) is 11.8 Å². The number of anilines is 1. The van der Waals surface area contributed by atoms with Gasteiger partial charge in [0.25, 0.3) is 0 Å². The average Bonchev–Trinajstić information content (AvgIpc) is 3.36. The molecule has 0 aliphatic carbocycles. The number of ether oxygens (including phenoxy) is 2. The van der Waals surface area contributed by atoms with Gasteiger partial charge in [-0.15, -0.1) is 0 Å². The van der Waals surface area contributed by atoms with Crippen LogP contribution in [0, 0.1) is 11.8 Å². The highest BCUT2D eigenvalue weighted by atomic mass is 16.5. The van der Waals surface area contributed by atoms with E-state index >= 15 is 0 Å². The van der Waals surface area contributed by atoms with Crippen molar-refractivity contribution in [3.8, 4) is 5.75 Å². The zero-order chi connectivity index (χ0) is 20.2. The second-order valence-corrected chi connectivity index (χ2v) is 7.03. The van der Waals surface area contributed by atoms with Gasteiger partial charge in [-0.1, -0.05) is 18.2 Å². The summed E-state index contributed by atoms with van der Waals surface area (Å²) in [6, 6.07) is 10.9. The molecular weight excluding hydrogens is 370 g/mol. The molecular formula is C22H23N3O4. The van der Waals surface area contributed by atoms with Gasteiger partial charge in [0, 0.05) is 24.6 Å². The van der Waals surface area contributed by atoms with E-state index in [0.717, 1.165) is 11.3 Å². The molecule has 2 amide bonds. The Morgan fingerprint density at radius 3 is 2.45 bits per heavy atom. The number of benzene rings is 1. The Kier molecular flexibility index (Phi) is 5.57. The fourth-order valence-electron chi connectivity index (χ4n) is 3.77. The van der Waals surface area contributed by atoms with Crippen LogP contribution >= 0.6 is 0 Å². The van der Waals surface area contributed by atoms with E-state index in [-0.39, 0.29) is 17.9 Å². The Hall–Kier alpha value is -3.19. The number of hydrogen-bond donors (Lipinski definition) is 2. The number of nitrogens with zero attached hydrogens (tertiary/aromatic N) is 1. The van der Waals surface area contributed by atoms with E-state index in [4.69, 9.17) is 9.47 Å². The predicted molar refractivity (Wildman–Crippen MR) is 107 cm³/mol. The van der Waals surface area contributed by atoms with Gasteiger partial charge in [0.15, 0.2) is 0 Å². The van der Waals surface area contributed by atoms with Gasteiger partial charge in [-0.3, -0.25) is 14.6 Å². The molecule has 4 rings (SSSR count). The van der Waals surface area contributed by atoms with Gasteiger partial charge in [0.1, 0.15) is 5.75 Å². The van der Waals surface area contributed by atoms with Gasteiger partial charge in [-0.2, -0.15) is 0 Å². The molecule has 0 unspecified atom stereocenters. The molecule has 29 heavy (non-hydrogen) atoms. The first-order valence-electron chi connectivity index (χ1n) is 9.70. The van der Waals surface area contributed by atoms with Crippen LogP contribution in [0.25, 0.3) is 0 Å². The van der Waals surface area contributed by atoms with Crippen molar-refractivity contribution in [3.05, 3.63) is 66.5 Å². The van der Waals surface area contributed by atoms with Crippen molar-refractivity contribution in [1.82, 2.24) is 10.3 Å². The third-order valence-corrected chi connectivity index (χ3v) is 5.13. The lowest BCUT2D eigenvalue weighted by Crippen LogP contribution is -2.44. The van der Waals surface area contributed by atoms with E-state index in [9.17, 15) is 9.59 Å². The molecule has 2 bridgehead atoms. The number of rotatable bonds is 7. The number of carbonyl (C=O) groups is 2. The normalized spacial score (nSPS) is 24.3. The fourth-order valence-corrected chi connectivity index (χ4v) is 3.77. The van der Waals surface area contributed by atoms with Crippen LogP contribution < -0.4 is 15.4 Å². The molecule has 2 aromatic rings. The maximum absolute atomic E-state index is 13.0. The SMILES string of the molecule is CCOc1ccc(NC(=O)[C@@H]2[C@@H](C(=O)NCc3cccnc3)[C@@H]3C=C[C@H]2O3)cc1. The quantitative estimate of drug-likeness (QED) is 0.705. The summed E-state index contributed by atoms with van der Waals surface area (Å²) in [5.41, 5.74) is 1.55. The smallest absolute Gasteiger partial charge is 0.231 e. The van der Waals surface area contributed by atoms with E-state index in [1.165, 1.54) is 0 Å². The highest BCUT2D eigenvalue weighted by Crippen LogP contribution is 2.40. The van der Waals surface area contributed by atoms with Crippen molar-refractivity contribution < 1.29 is 19.1 Å². The molecule has 7 nitrogen and oxygen atoms in total. The highest BCUT2D eigenvalue weighted by molar-refractivity contribution is 5.97. The molecule has 1 saturated heterocycles. The molecule has 1 aromatic carbocycles. The molecule has 1 fully saturated rings. The Balaban J connectivity index is 1.42. The molecule has 4 atom stereocenters. The number of fused-ring (bicyclic) bond motifs is 2. The maximum atomic E-state index is 13.0. The van der Waals surface area contributed by atoms with Crippen LogP contribution in [0.2, 0.25) is 0 Å². The largest absolute Gasteiger partial charge is 0.494 e. The number of carbonyl (C=O) groups excluding carboxylic acids is 2. The molecule has 0 radical (unpaired) electrons. The van der Waals surface area contributed by atoms with Crippen LogP contribution in [-0.2, 0) is 20.9 Å². The van der Waals surface area contributed by atoms with Crippen molar-refractivity contribution in [2.24, 2.45) is 11.8 Å². The summed E-state index contributed by atoms with van der Waals surface area (Å²) in [6.07, 6.45) is 6.33. The zero-order valence-electron chi connectivity index (χ0n) is 16.1. The Morgan fingerprint density at radius 1 is 1.07 bits per heavy atom. The lowest BCUT2D eigenvalue weighted by atomic mass is 9.81. The van der Waals surface area contributed by atoms with Gasteiger partial charge in [-0.25, -0.2) is 0 Å². The van der Waals surface area contributed by atoms with Crippen LogP contribution in [0.3, 0.4) is 0 Å². The summed E-state index contributed by atoms with van der Waals surface area (Å²) in [6.45, 7) is 2.85. The van der Waals surface area contributed by atoms with E-state index < -0.39 is 17.9 Å². The van der Waals surface area contributed by atoms with Gasteiger partial charge < -0.3 is 20.1 Å². The van der Waals surface area contributed by atoms with Crippen molar-refractivity contribution in [2.75, 3.05) is 11.9 Å². The van der Waals surface area contributed by atoms with Crippen molar-refractivity contribution >= 4 is 17.5 Å². The number of amides is 2. The predicted octanol–water partition coefficient (Wildman–Crippen LogP) is 2.30. The molecule has 2 N–H and O–H groups in total. The van der Waals surface area contributed by atoms with Crippen LogP contribution in [0.15, 0.2) is 60.9 Å². The Labute approximate surface area is 169 Å². The number of hydrogen-bond acceptors (Lipinski definition) is 5. The maximum Gasteiger partial charge on any atom is 0.231 e. The summed E-state index contributed by atoms with van der Waals surface area (Å²) >= 11 is 0. The van der Waals surface area contributed by atoms with Gasteiger partial charge >= 0.3 is 0 Å². The van der Waals surface area contributed by atoms with Crippen LogP contribution in [0.5, 0.6) is 5.75 Å². The summed E-state index contributed by atoms with van der Waals surface area (Å²) in [7, 11) is 0. The molecule has 3 heterocycles. The first-order valence-corrected chi connectivity index (χ1v) is 9.70. The summed E-state index contributed by atoms with van der Waals surface area (Å²) in [5.74, 6) is -0.829. The second-order valence-electron chi connectivity index (χ2n) is 7.03. The number of pyridine rings is 1. The molecule has 0 saturated carbocycles. The number of nitrogens with one attached hydrogen (secondary N) is 2. The Morgan fingerprint density at radius 2 is 1.79 bits per heavy atom. The van der Waals surface area contributed by atoms with E-state index in [1.54, 1.807) is 36.7 Å². The van der Waals surface area contributed by atoms with Gasteiger partial charge in [-0.05, 0) is 42.8 Å². The van der Waals surface area contributed by atoms with Gasteiger partial charge in [0.05, 0.1) is 30.7 Å². The third kappa shape index (κ3) is 4.14. The number of aromatic nitrogens is 1. The highest BCUT2D eigenvalue weighted by Gasteiger charge is 2.52. The monoisotopic (exact) mass is 393 g/mol. The van der Waals surface area contributed by atoms with E-state index in [0.29, 0.717) is 18.8 Å². The second kappa shape index (κ2) is 8.45. The Bertz CT molecular complexity index is 898. The van der Waals surface area contributed by atoms with Crippen LogP contribution in [0.1, 0.15) is 12.5 Å². The van der Waals surface area contributed by atoms with Crippen molar-refractivity contribution in [3.63, 3.8) is 0 Å². The minimum atomic E-state index is -0.578. The van der Waals surface area contributed by atoms with Crippen molar-refractivity contribution in [1.29, 1.82) is 0 Å². The third-order valence-electron chi connectivity index (χ3n) is 5.13. The summed E-state index contributed by atoms with van der Waals surface area (Å²) in [4.78, 5) is 29.9. The molecule has 2 aliphatic rings. The van der Waals surface area contributed by atoms with E-state index in [1.807, 2.05) is 31.2 Å². The summed E-state index contributed by atoms with van der Waals surface area (Å²) < 4.78 is 11.2. The topological polar surface area (TPSA) is 89.5 Å².